The van der Waals surface area contributed by atoms with E-state index in [0.717, 1.165) is 5.69 Å². The second-order valence-corrected chi connectivity index (χ2v) is 8.51. The lowest BCUT2D eigenvalue weighted by Crippen LogP contribution is -2.48. The monoisotopic (exact) mass is 439 g/mol. The number of hydrogen-bond donors (Lipinski definition) is 1. The van der Waals surface area contributed by atoms with Gasteiger partial charge in [0.05, 0.1) is 24.7 Å². The molecule has 1 aliphatic carbocycles. The maximum absolute atomic E-state index is 13.5. The van der Waals surface area contributed by atoms with E-state index >= 15 is 0 Å². The van der Waals surface area contributed by atoms with Gasteiger partial charge >= 0.3 is 5.69 Å². The van der Waals surface area contributed by atoms with Gasteiger partial charge in [-0.1, -0.05) is 20.4 Å². The number of ether oxygens (including phenoxy) is 1. The number of fused-ring (bicyclic) bond motifs is 1. The molecule has 1 N–H and O–H groups in total. The van der Waals surface area contributed by atoms with Crippen molar-refractivity contribution in [3.8, 4) is 5.88 Å². The second-order valence-electron chi connectivity index (χ2n) is 8.51. The fourth-order valence-electron chi connectivity index (χ4n) is 4.16. The maximum atomic E-state index is 13.5. The molecular formula is C22H29N7O3. The van der Waals surface area contributed by atoms with Crippen LogP contribution in [0.5, 0.6) is 5.88 Å². The Balaban J connectivity index is 1.76. The van der Waals surface area contributed by atoms with E-state index < -0.39 is 0 Å². The molecule has 10 nitrogen and oxygen atoms in total. The van der Waals surface area contributed by atoms with Gasteiger partial charge in [0.25, 0.3) is 5.88 Å². The van der Waals surface area contributed by atoms with Crippen LogP contribution in [0.2, 0.25) is 0 Å². The van der Waals surface area contributed by atoms with Gasteiger partial charge in [-0.15, -0.1) is 5.10 Å². The highest BCUT2D eigenvalue weighted by atomic mass is 16.5. The standard InChI is InChI=1S/C22H29N7O3/c1-7-19(30)27(5)14-8-15(9-14)28-12-16(24-17-11-26(4)25-21(17)32-6)20-23-10-18(13(2)3)29(20)22(28)31/h7,10-15,24H,1,8-9H2,2-6H3. The average Bonchev–Trinajstić information content (AvgIpc) is 3.33. The predicted octanol–water partition coefficient (Wildman–Crippen LogP) is 2.45. The van der Waals surface area contributed by atoms with Crippen LogP contribution in [-0.2, 0) is 11.8 Å². The average molecular weight is 440 g/mol. The van der Waals surface area contributed by atoms with Crippen molar-refractivity contribution in [2.24, 2.45) is 7.05 Å². The number of aryl methyl sites for hydroxylation is 1. The SMILES string of the molecule is C=CC(=O)N(C)C1CC(n2cc(Nc3cn(C)nc3OC)c3ncc(C(C)C)n3c2=O)C1. The van der Waals surface area contributed by atoms with Gasteiger partial charge in [0.2, 0.25) is 5.91 Å². The molecule has 1 fully saturated rings. The molecule has 0 unspecified atom stereocenters. The molecule has 32 heavy (non-hydrogen) atoms. The summed E-state index contributed by atoms with van der Waals surface area (Å²) >= 11 is 0. The molecule has 0 radical (unpaired) electrons. The Labute approximate surface area is 186 Å². The number of carbonyl (C=O) groups is 1. The van der Waals surface area contributed by atoms with Crippen LogP contribution in [0.1, 0.15) is 44.3 Å². The molecule has 3 aromatic rings. The first-order valence-electron chi connectivity index (χ1n) is 10.6. The van der Waals surface area contributed by atoms with Crippen molar-refractivity contribution >= 4 is 22.9 Å². The lowest BCUT2D eigenvalue weighted by atomic mass is 9.85. The molecule has 0 bridgehead atoms. The second kappa shape index (κ2) is 8.18. The van der Waals surface area contributed by atoms with Gasteiger partial charge in [-0.3, -0.25) is 14.0 Å². The predicted molar refractivity (Wildman–Crippen MR) is 122 cm³/mol. The van der Waals surface area contributed by atoms with Crippen LogP contribution in [0.15, 0.2) is 36.0 Å². The number of hydrogen-bond acceptors (Lipinski definition) is 6. The number of likely N-dealkylation sites (N-methyl/N-ethyl adjacent to an activating group) is 1. The molecule has 1 aliphatic rings. The summed E-state index contributed by atoms with van der Waals surface area (Å²) in [6.45, 7) is 7.62. The van der Waals surface area contributed by atoms with E-state index in [1.807, 2.05) is 27.1 Å². The molecule has 4 rings (SSSR count). The molecular weight excluding hydrogens is 410 g/mol. The Morgan fingerprint density at radius 3 is 2.69 bits per heavy atom. The quantitative estimate of drug-likeness (QED) is 0.568. The summed E-state index contributed by atoms with van der Waals surface area (Å²) in [7, 11) is 5.14. The van der Waals surface area contributed by atoms with Gasteiger partial charge in [0.1, 0.15) is 5.69 Å². The summed E-state index contributed by atoms with van der Waals surface area (Å²) in [6, 6.07) is 0.0611. The Bertz CT molecular complexity index is 1230. The molecule has 3 aromatic heterocycles. The van der Waals surface area contributed by atoms with Crippen molar-refractivity contribution in [3.05, 3.63) is 47.4 Å². The third kappa shape index (κ3) is 3.55. The molecule has 1 saturated carbocycles. The van der Waals surface area contributed by atoms with Crippen molar-refractivity contribution in [2.45, 2.75) is 44.7 Å². The zero-order valence-corrected chi connectivity index (χ0v) is 19.1. The van der Waals surface area contributed by atoms with Crippen molar-refractivity contribution in [3.63, 3.8) is 0 Å². The summed E-state index contributed by atoms with van der Waals surface area (Å²) in [5, 5.41) is 7.63. The maximum Gasteiger partial charge on any atom is 0.334 e. The first-order chi connectivity index (χ1) is 15.2. The summed E-state index contributed by atoms with van der Waals surface area (Å²) in [5.41, 5.74) is 2.62. The first kappa shape index (κ1) is 21.7. The number of methoxy groups -OCH3 is 1. The smallest absolute Gasteiger partial charge is 0.334 e. The lowest BCUT2D eigenvalue weighted by Gasteiger charge is -2.41. The number of aromatic nitrogens is 5. The molecule has 0 aliphatic heterocycles. The fraction of sp³-hybridized carbons (Fsp3) is 0.455. The zero-order valence-electron chi connectivity index (χ0n) is 19.1. The van der Waals surface area contributed by atoms with Gasteiger partial charge < -0.3 is 15.0 Å². The highest BCUT2D eigenvalue weighted by Gasteiger charge is 2.36. The number of nitrogens with zero attached hydrogens (tertiary/aromatic N) is 6. The third-order valence-electron chi connectivity index (χ3n) is 6.11. The summed E-state index contributed by atoms with van der Waals surface area (Å²) in [4.78, 5) is 31.6. The van der Waals surface area contributed by atoms with Crippen molar-refractivity contribution in [1.82, 2.24) is 28.6 Å². The molecule has 0 atom stereocenters. The van der Waals surface area contributed by atoms with E-state index in [4.69, 9.17) is 4.74 Å². The number of rotatable bonds is 7. The number of carbonyl (C=O) groups excluding carboxylic acids is 1. The Hall–Kier alpha value is -3.56. The molecule has 0 aromatic carbocycles. The van der Waals surface area contributed by atoms with Gasteiger partial charge in [-0.2, -0.15) is 0 Å². The molecule has 10 heteroatoms. The molecule has 170 valence electrons. The number of nitrogens with one attached hydrogen (secondary N) is 1. The van der Waals surface area contributed by atoms with E-state index in [9.17, 15) is 9.59 Å². The zero-order chi connectivity index (χ0) is 23.2. The van der Waals surface area contributed by atoms with Crippen molar-refractivity contribution < 1.29 is 9.53 Å². The van der Waals surface area contributed by atoms with E-state index in [2.05, 4.69) is 22.0 Å². The number of imidazole rings is 1. The van der Waals surface area contributed by atoms with E-state index in [1.165, 1.54) is 6.08 Å². The summed E-state index contributed by atoms with van der Waals surface area (Å²) < 4.78 is 10.4. The normalized spacial score (nSPS) is 17.9. The van der Waals surface area contributed by atoms with E-state index in [0.29, 0.717) is 35.7 Å². The highest BCUT2D eigenvalue weighted by molar-refractivity contribution is 5.87. The van der Waals surface area contributed by atoms with Crippen LogP contribution in [0, 0.1) is 0 Å². The summed E-state index contributed by atoms with van der Waals surface area (Å²) in [5.74, 6) is 0.464. The van der Waals surface area contributed by atoms with Gasteiger partial charge in [-0.05, 0) is 24.8 Å². The molecule has 0 saturated heterocycles. The molecule has 3 heterocycles. The van der Waals surface area contributed by atoms with Crippen molar-refractivity contribution in [1.29, 1.82) is 0 Å². The Morgan fingerprint density at radius 2 is 2.06 bits per heavy atom. The highest BCUT2D eigenvalue weighted by Crippen LogP contribution is 2.36. The van der Waals surface area contributed by atoms with Gasteiger partial charge in [-0.25, -0.2) is 14.2 Å². The minimum Gasteiger partial charge on any atom is -0.478 e. The first-order valence-corrected chi connectivity index (χ1v) is 10.6. The topological polar surface area (TPSA) is 98.7 Å². The van der Waals surface area contributed by atoms with Crippen LogP contribution in [0.3, 0.4) is 0 Å². The Kier molecular flexibility index (Phi) is 5.53. The molecule has 0 spiro atoms. The number of amides is 1. The van der Waals surface area contributed by atoms with Crippen LogP contribution in [-0.4, -0.2) is 54.7 Å². The van der Waals surface area contributed by atoms with E-state index in [-0.39, 0.29) is 29.6 Å². The van der Waals surface area contributed by atoms with E-state index in [1.54, 1.807) is 45.1 Å². The van der Waals surface area contributed by atoms with Gasteiger partial charge in [0.15, 0.2) is 5.65 Å². The van der Waals surface area contributed by atoms with Crippen LogP contribution < -0.4 is 15.7 Å². The minimum absolute atomic E-state index is 0.0179. The Morgan fingerprint density at radius 1 is 1.34 bits per heavy atom. The largest absolute Gasteiger partial charge is 0.478 e. The minimum atomic E-state index is -0.133. The van der Waals surface area contributed by atoms with Crippen LogP contribution in [0.25, 0.3) is 5.65 Å². The van der Waals surface area contributed by atoms with Crippen LogP contribution >= 0.6 is 0 Å². The molecule has 1 amide bonds. The number of anilines is 2. The fourth-order valence-corrected chi connectivity index (χ4v) is 4.16. The summed E-state index contributed by atoms with van der Waals surface area (Å²) in [6.07, 6.45) is 8.07. The van der Waals surface area contributed by atoms with Crippen molar-refractivity contribution in [2.75, 3.05) is 19.5 Å². The van der Waals surface area contributed by atoms with Gasteiger partial charge in [0, 0.05) is 38.6 Å². The van der Waals surface area contributed by atoms with Crippen LogP contribution in [0.4, 0.5) is 11.4 Å². The lowest BCUT2D eigenvalue weighted by molar-refractivity contribution is -0.129. The third-order valence-corrected chi connectivity index (χ3v) is 6.11.